The van der Waals surface area contributed by atoms with E-state index in [0.717, 1.165) is 11.5 Å². The van der Waals surface area contributed by atoms with Crippen molar-refractivity contribution in [3.8, 4) is 11.5 Å². The molecular formula is C14H14O2Se2. The molecule has 4 heteroatoms. The van der Waals surface area contributed by atoms with Crippen molar-refractivity contribution in [3.05, 3.63) is 48.5 Å². The molecule has 0 atom stereocenters. The van der Waals surface area contributed by atoms with Crippen molar-refractivity contribution in [2.45, 2.75) is 0 Å². The fraction of sp³-hybridized carbons (Fsp3) is 0.143. The van der Waals surface area contributed by atoms with Crippen LogP contribution in [0.1, 0.15) is 0 Å². The van der Waals surface area contributed by atoms with E-state index in [1.807, 2.05) is 18.2 Å². The molecule has 2 aromatic rings. The normalized spacial score (nSPS) is 10.1. The first-order valence-electron chi connectivity index (χ1n) is 5.44. The Hall–Kier alpha value is -0.921. The number of rotatable bonds is 5. The Bertz CT molecular complexity index is 497. The first-order valence-corrected chi connectivity index (χ1v) is 11.5. The number of benzene rings is 2. The van der Waals surface area contributed by atoms with Gasteiger partial charge in [-0.3, -0.25) is 0 Å². The standard InChI is InChI=1S/C14H14O2Se2/c1-15-11-6-8-13(9-7-11)17-18-14-5-3-4-12(10-14)16-2/h3-10H,1-2H3. The second kappa shape index (κ2) is 6.86. The van der Waals surface area contributed by atoms with E-state index < -0.39 is 0 Å². The van der Waals surface area contributed by atoms with Crippen LogP contribution >= 0.6 is 0 Å². The topological polar surface area (TPSA) is 18.5 Å². The third-order valence-electron chi connectivity index (χ3n) is 2.33. The first kappa shape index (κ1) is 13.5. The Morgan fingerprint density at radius 1 is 0.722 bits per heavy atom. The summed E-state index contributed by atoms with van der Waals surface area (Å²) in [7, 11) is 3.40. The molecule has 0 aromatic heterocycles. The molecule has 2 aromatic carbocycles. The number of ether oxygens (including phenoxy) is 2. The molecular weight excluding hydrogens is 358 g/mol. The average molecular weight is 372 g/mol. The van der Waals surface area contributed by atoms with Crippen molar-refractivity contribution >= 4 is 35.2 Å². The van der Waals surface area contributed by atoms with Crippen molar-refractivity contribution in [3.63, 3.8) is 0 Å². The Morgan fingerprint density at radius 2 is 1.39 bits per heavy atom. The van der Waals surface area contributed by atoms with Gasteiger partial charge in [-0.05, 0) is 0 Å². The van der Waals surface area contributed by atoms with Gasteiger partial charge >= 0.3 is 119 Å². The second-order valence-electron chi connectivity index (χ2n) is 3.52. The van der Waals surface area contributed by atoms with E-state index in [-0.39, 0.29) is 0 Å². The van der Waals surface area contributed by atoms with Crippen molar-refractivity contribution in [2.24, 2.45) is 0 Å². The van der Waals surface area contributed by atoms with E-state index in [1.54, 1.807) is 14.2 Å². The molecule has 0 spiro atoms. The SMILES string of the molecule is COc1ccc([Se][Se]c2cccc(OC)c2)cc1. The van der Waals surface area contributed by atoms with E-state index in [4.69, 9.17) is 9.47 Å². The number of hydrogen-bond donors (Lipinski definition) is 0. The molecule has 18 heavy (non-hydrogen) atoms. The van der Waals surface area contributed by atoms with E-state index in [9.17, 15) is 0 Å². The van der Waals surface area contributed by atoms with E-state index in [0.29, 0.717) is 26.3 Å². The van der Waals surface area contributed by atoms with Gasteiger partial charge in [-0.15, -0.1) is 0 Å². The van der Waals surface area contributed by atoms with Gasteiger partial charge in [-0.2, -0.15) is 0 Å². The van der Waals surface area contributed by atoms with Crippen molar-refractivity contribution < 1.29 is 9.47 Å². The molecule has 0 amide bonds. The van der Waals surface area contributed by atoms with Crippen LogP contribution in [0.4, 0.5) is 0 Å². The zero-order valence-corrected chi connectivity index (χ0v) is 13.7. The Kier molecular flexibility index (Phi) is 5.15. The molecule has 2 nitrogen and oxygen atoms in total. The molecule has 0 radical (unpaired) electrons. The summed E-state index contributed by atoms with van der Waals surface area (Å²) in [5, 5.41) is 0. The molecule has 0 heterocycles. The maximum absolute atomic E-state index is 5.24. The molecule has 0 aliphatic carbocycles. The predicted molar refractivity (Wildman–Crippen MR) is 76.8 cm³/mol. The van der Waals surface area contributed by atoms with Crippen molar-refractivity contribution in [1.29, 1.82) is 0 Å². The van der Waals surface area contributed by atoms with Gasteiger partial charge in [-0.25, -0.2) is 0 Å². The molecule has 0 bridgehead atoms. The number of methoxy groups -OCH3 is 2. The fourth-order valence-electron chi connectivity index (χ4n) is 1.38. The van der Waals surface area contributed by atoms with E-state index in [1.165, 1.54) is 8.92 Å². The van der Waals surface area contributed by atoms with Crippen LogP contribution in [0.25, 0.3) is 0 Å². The Morgan fingerprint density at radius 3 is 2.06 bits per heavy atom. The van der Waals surface area contributed by atoms with Crippen LogP contribution in [0, 0.1) is 0 Å². The third kappa shape index (κ3) is 3.79. The van der Waals surface area contributed by atoms with E-state index in [2.05, 4.69) is 30.3 Å². The van der Waals surface area contributed by atoms with Gasteiger partial charge < -0.3 is 0 Å². The minimum absolute atomic E-state index is 0.496. The number of hydrogen-bond acceptors (Lipinski definition) is 2. The first-order chi connectivity index (χ1) is 8.81. The molecule has 94 valence electrons. The summed E-state index contributed by atoms with van der Waals surface area (Å²) in [6.07, 6.45) is 0. The van der Waals surface area contributed by atoms with Gasteiger partial charge in [0, 0.05) is 0 Å². The second-order valence-corrected chi connectivity index (χ2v) is 9.83. The average Bonchev–Trinajstić information content (AvgIpc) is 2.46. The van der Waals surface area contributed by atoms with Crippen LogP contribution in [-0.4, -0.2) is 40.5 Å². The molecule has 0 unspecified atom stereocenters. The van der Waals surface area contributed by atoms with Crippen LogP contribution in [0.5, 0.6) is 11.5 Å². The molecule has 0 saturated carbocycles. The fourth-order valence-corrected chi connectivity index (χ4v) is 7.37. The zero-order chi connectivity index (χ0) is 12.8. The maximum atomic E-state index is 5.24. The van der Waals surface area contributed by atoms with Crippen LogP contribution in [0.2, 0.25) is 0 Å². The summed E-state index contributed by atoms with van der Waals surface area (Å²) in [4.78, 5) is 0. The molecule has 0 aliphatic heterocycles. The monoisotopic (exact) mass is 374 g/mol. The Balaban J connectivity index is 1.97. The zero-order valence-electron chi connectivity index (χ0n) is 10.3. The molecule has 0 N–H and O–H groups in total. The van der Waals surface area contributed by atoms with Crippen LogP contribution in [0.15, 0.2) is 48.5 Å². The van der Waals surface area contributed by atoms with Crippen LogP contribution < -0.4 is 18.4 Å². The van der Waals surface area contributed by atoms with Crippen LogP contribution in [-0.2, 0) is 0 Å². The molecule has 0 saturated heterocycles. The summed E-state index contributed by atoms with van der Waals surface area (Å²) in [5.41, 5.74) is 0. The summed E-state index contributed by atoms with van der Waals surface area (Å²) >= 11 is 1.00. The predicted octanol–water partition coefficient (Wildman–Crippen LogP) is 0.978. The van der Waals surface area contributed by atoms with Crippen molar-refractivity contribution in [1.82, 2.24) is 0 Å². The summed E-state index contributed by atoms with van der Waals surface area (Å²) in [5.74, 6) is 1.86. The quantitative estimate of drug-likeness (QED) is 0.729. The van der Waals surface area contributed by atoms with Gasteiger partial charge in [-0.1, -0.05) is 0 Å². The van der Waals surface area contributed by atoms with Gasteiger partial charge in [0.25, 0.3) is 0 Å². The minimum atomic E-state index is 0.496. The van der Waals surface area contributed by atoms with Crippen molar-refractivity contribution in [2.75, 3.05) is 14.2 Å². The van der Waals surface area contributed by atoms with Gasteiger partial charge in [0.1, 0.15) is 0 Å². The molecule has 0 aliphatic rings. The molecule has 0 fully saturated rings. The summed E-state index contributed by atoms with van der Waals surface area (Å²) < 4.78 is 13.2. The van der Waals surface area contributed by atoms with Gasteiger partial charge in [0.2, 0.25) is 0 Å². The van der Waals surface area contributed by atoms with Gasteiger partial charge in [0.05, 0.1) is 0 Å². The van der Waals surface area contributed by atoms with E-state index >= 15 is 0 Å². The van der Waals surface area contributed by atoms with Gasteiger partial charge in [0.15, 0.2) is 0 Å². The summed E-state index contributed by atoms with van der Waals surface area (Å²) in [6.45, 7) is 0. The molecule has 2 rings (SSSR count). The summed E-state index contributed by atoms with van der Waals surface area (Å²) in [6, 6.07) is 16.7. The van der Waals surface area contributed by atoms with Crippen LogP contribution in [0.3, 0.4) is 0 Å². The third-order valence-corrected chi connectivity index (χ3v) is 9.53. The Labute approximate surface area is 119 Å².